The molecule has 4 nitrogen and oxygen atoms in total. The Morgan fingerprint density at radius 3 is 2.88 bits per heavy atom. The van der Waals surface area contributed by atoms with Gasteiger partial charge in [-0.1, -0.05) is 12.1 Å². The van der Waals surface area contributed by atoms with Crippen LogP contribution in [-0.4, -0.2) is 29.5 Å². The first-order valence-corrected chi connectivity index (χ1v) is 7.99. The molecule has 1 atom stereocenters. The van der Waals surface area contributed by atoms with Gasteiger partial charge in [-0.25, -0.2) is 13.5 Å². The second-order valence-corrected chi connectivity index (χ2v) is 6.00. The maximum atomic E-state index is 14.2. The fraction of sp³-hybridized carbons (Fsp3) is 0.278. The average Bonchev–Trinajstić information content (AvgIpc) is 3.21. The van der Waals surface area contributed by atoms with Crippen LogP contribution in [0, 0.1) is 17.6 Å². The van der Waals surface area contributed by atoms with Crippen LogP contribution in [0.5, 0.6) is 5.88 Å². The number of nitrogens with one attached hydrogen (secondary N) is 1. The molecule has 124 valence electrons. The molecule has 1 N–H and O–H groups in total. The second-order valence-electron chi connectivity index (χ2n) is 6.00. The molecule has 2 aromatic carbocycles. The highest BCUT2D eigenvalue weighted by atomic mass is 19.1. The number of benzene rings is 2. The summed E-state index contributed by atoms with van der Waals surface area (Å²) in [5.74, 6) is -0.342. The van der Waals surface area contributed by atoms with Gasteiger partial charge in [0.2, 0.25) is 5.88 Å². The van der Waals surface area contributed by atoms with E-state index < -0.39 is 11.6 Å². The molecule has 0 spiro atoms. The third kappa shape index (κ3) is 2.73. The zero-order chi connectivity index (χ0) is 16.5. The van der Waals surface area contributed by atoms with E-state index in [2.05, 4.69) is 10.4 Å². The van der Waals surface area contributed by atoms with Crippen molar-refractivity contribution in [3.63, 3.8) is 0 Å². The first kappa shape index (κ1) is 15.1. The number of rotatable bonds is 4. The molecule has 0 amide bonds. The average molecular weight is 329 g/mol. The topological polar surface area (TPSA) is 39.1 Å². The van der Waals surface area contributed by atoms with Crippen molar-refractivity contribution in [1.29, 1.82) is 0 Å². The van der Waals surface area contributed by atoms with Crippen molar-refractivity contribution < 1.29 is 13.5 Å². The van der Waals surface area contributed by atoms with Crippen LogP contribution in [0.2, 0.25) is 0 Å². The zero-order valence-electron chi connectivity index (χ0n) is 13.0. The molecule has 1 saturated heterocycles. The van der Waals surface area contributed by atoms with Gasteiger partial charge < -0.3 is 10.1 Å². The normalized spacial score (nSPS) is 17.5. The Balaban J connectivity index is 1.73. The van der Waals surface area contributed by atoms with Crippen LogP contribution in [0.3, 0.4) is 0 Å². The molecule has 1 aromatic heterocycles. The van der Waals surface area contributed by atoms with Crippen LogP contribution in [0.15, 0.2) is 42.5 Å². The van der Waals surface area contributed by atoms with Crippen molar-refractivity contribution in [2.45, 2.75) is 6.42 Å². The van der Waals surface area contributed by atoms with Crippen LogP contribution in [-0.2, 0) is 0 Å². The van der Waals surface area contributed by atoms with Crippen LogP contribution in [0.25, 0.3) is 16.6 Å². The largest absolute Gasteiger partial charge is 0.476 e. The van der Waals surface area contributed by atoms with Crippen LogP contribution >= 0.6 is 0 Å². The number of hydrogen-bond donors (Lipinski definition) is 1. The van der Waals surface area contributed by atoms with Gasteiger partial charge >= 0.3 is 0 Å². The molecule has 0 aliphatic carbocycles. The summed E-state index contributed by atoms with van der Waals surface area (Å²) in [7, 11) is 0. The van der Waals surface area contributed by atoms with E-state index in [-0.39, 0.29) is 5.69 Å². The number of halogens is 2. The number of aromatic nitrogens is 2. The van der Waals surface area contributed by atoms with Gasteiger partial charge in [0.1, 0.15) is 11.5 Å². The van der Waals surface area contributed by atoms with Gasteiger partial charge in [-0.15, -0.1) is 5.10 Å². The maximum absolute atomic E-state index is 14.2. The first-order valence-electron chi connectivity index (χ1n) is 7.99. The van der Waals surface area contributed by atoms with E-state index in [9.17, 15) is 8.78 Å². The Morgan fingerprint density at radius 2 is 2.08 bits per heavy atom. The van der Waals surface area contributed by atoms with E-state index in [0.717, 1.165) is 36.5 Å². The molecule has 2 heterocycles. The van der Waals surface area contributed by atoms with E-state index in [4.69, 9.17) is 4.74 Å². The molecule has 0 unspecified atom stereocenters. The lowest BCUT2D eigenvalue weighted by Crippen LogP contribution is -2.15. The van der Waals surface area contributed by atoms with Gasteiger partial charge in [0, 0.05) is 18.5 Å². The quantitative estimate of drug-likeness (QED) is 0.798. The molecule has 0 radical (unpaired) electrons. The van der Waals surface area contributed by atoms with Gasteiger partial charge in [0.05, 0.1) is 17.5 Å². The lowest BCUT2D eigenvalue weighted by Gasteiger charge is -2.08. The third-order valence-corrected chi connectivity index (χ3v) is 4.31. The summed E-state index contributed by atoms with van der Waals surface area (Å²) in [6.07, 6.45) is 1.07. The Hall–Kier alpha value is -2.47. The minimum absolute atomic E-state index is 0.199. The van der Waals surface area contributed by atoms with Crippen LogP contribution in [0.1, 0.15) is 6.42 Å². The van der Waals surface area contributed by atoms with Gasteiger partial charge in [-0.05, 0) is 37.2 Å². The lowest BCUT2D eigenvalue weighted by atomic mass is 10.1. The van der Waals surface area contributed by atoms with Crippen LogP contribution in [0.4, 0.5) is 8.78 Å². The number of hydrogen-bond acceptors (Lipinski definition) is 3. The molecule has 3 aromatic rings. The van der Waals surface area contributed by atoms with E-state index in [1.54, 1.807) is 0 Å². The molecule has 4 rings (SSSR count). The monoisotopic (exact) mass is 329 g/mol. The third-order valence-electron chi connectivity index (χ3n) is 4.31. The molecule has 0 saturated carbocycles. The maximum Gasteiger partial charge on any atom is 0.241 e. The highest BCUT2D eigenvalue weighted by Gasteiger charge is 2.19. The molecule has 1 aliphatic heterocycles. The predicted octanol–water partition coefficient (Wildman–Crippen LogP) is 3.29. The summed E-state index contributed by atoms with van der Waals surface area (Å²) >= 11 is 0. The standard InChI is InChI=1S/C18H17F2N3O/c19-13-5-6-17(15(20)9-13)23-16-4-2-1-3-14(16)18(22-23)24-11-12-7-8-21-10-12/h1-6,9,12,21H,7-8,10-11H2/t12-/m0/s1. The number of nitrogens with zero attached hydrogens (tertiary/aromatic N) is 2. The molecular weight excluding hydrogens is 312 g/mol. The van der Waals surface area contributed by atoms with E-state index >= 15 is 0 Å². The van der Waals surface area contributed by atoms with Crippen molar-refractivity contribution in [2.75, 3.05) is 19.7 Å². The van der Waals surface area contributed by atoms with Crippen molar-refractivity contribution in [3.8, 4) is 11.6 Å². The van der Waals surface area contributed by atoms with Crippen molar-refractivity contribution >= 4 is 10.9 Å². The smallest absolute Gasteiger partial charge is 0.241 e. The van der Waals surface area contributed by atoms with E-state index in [1.807, 2.05) is 24.3 Å². The SMILES string of the molecule is Fc1ccc(-n2nc(OC[C@H]3CCNC3)c3ccccc32)c(F)c1. The van der Waals surface area contributed by atoms with Gasteiger partial charge in [-0.3, -0.25) is 0 Å². The minimum atomic E-state index is -0.658. The molecule has 6 heteroatoms. The van der Waals surface area contributed by atoms with E-state index in [1.165, 1.54) is 16.8 Å². The number of fused-ring (bicyclic) bond motifs is 1. The molecular formula is C18H17F2N3O. The number of ether oxygens (including phenoxy) is 1. The second kappa shape index (κ2) is 6.20. The fourth-order valence-corrected chi connectivity index (χ4v) is 3.03. The molecule has 0 bridgehead atoms. The highest BCUT2D eigenvalue weighted by molar-refractivity contribution is 5.86. The Bertz CT molecular complexity index is 872. The zero-order valence-corrected chi connectivity index (χ0v) is 13.0. The van der Waals surface area contributed by atoms with Gasteiger partial charge in [0.15, 0.2) is 5.82 Å². The Kier molecular flexibility index (Phi) is 3.90. The van der Waals surface area contributed by atoms with Crippen molar-refractivity contribution in [1.82, 2.24) is 15.1 Å². The van der Waals surface area contributed by atoms with Crippen molar-refractivity contribution in [3.05, 3.63) is 54.1 Å². The number of para-hydroxylation sites is 1. The van der Waals surface area contributed by atoms with Gasteiger partial charge in [0.25, 0.3) is 0 Å². The summed E-state index contributed by atoms with van der Waals surface area (Å²) in [5, 5.41) is 8.53. The molecule has 1 aliphatic rings. The fourth-order valence-electron chi connectivity index (χ4n) is 3.03. The summed E-state index contributed by atoms with van der Waals surface area (Å²) in [6.45, 7) is 2.51. The summed E-state index contributed by atoms with van der Waals surface area (Å²) < 4.78 is 34.7. The highest BCUT2D eigenvalue weighted by Crippen LogP contribution is 2.29. The molecule has 24 heavy (non-hydrogen) atoms. The van der Waals surface area contributed by atoms with Crippen molar-refractivity contribution in [2.24, 2.45) is 5.92 Å². The predicted molar refractivity (Wildman–Crippen MR) is 87.5 cm³/mol. The Morgan fingerprint density at radius 1 is 1.21 bits per heavy atom. The molecule has 1 fully saturated rings. The van der Waals surface area contributed by atoms with Crippen LogP contribution < -0.4 is 10.1 Å². The Labute approximate surface area is 138 Å². The summed E-state index contributed by atoms with van der Waals surface area (Å²) in [6, 6.07) is 10.9. The minimum Gasteiger partial charge on any atom is -0.476 e. The first-order chi connectivity index (χ1) is 11.7. The summed E-state index contributed by atoms with van der Waals surface area (Å²) in [5.41, 5.74) is 0.924. The lowest BCUT2D eigenvalue weighted by molar-refractivity contribution is 0.252. The summed E-state index contributed by atoms with van der Waals surface area (Å²) in [4.78, 5) is 0. The van der Waals surface area contributed by atoms with Gasteiger partial charge in [-0.2, -0.15) is 0 Å². The van der Waals surface area contributed by atoms with E-state index in [0.29, 0.717) is 18.4 Å².